The standard InChI is InChI=1S/C10H11N5O3.2C6H5.Sn/c11-9-8-10(13-3-12-9)15(4-14-8)7-1-5(17)6(2-16)18-7;2*1-2-4-6-5-3-1;/h3-7H,1-2H2,(H2,11,12,13);2*1-5H;/q-2;;;+2. The van der Waals surface area contributed by atoms with Gasteiger partial charge in [-0.25, -0.2) is 0 Å². The van der Waals surface area contributed by atoms with Crippen molar-refractivity contribution in [3.05, 3.63) is 73.3 Å². The van der Waals surface area contributed by atoms with Crippen LogP contribution in [-0.4, -0.2) is 57.5 Å². The second-order valence-corrected chi connectivity index (χ2v) is 16.1. The summed E-state index contributed by atoms with van der Waals surface area (Å²) in [4.78, 5) is 12.8. The van der Waals surface area contributed by atoms with Gasteiger partial charge in [0, 0.05) is 0 Å². The van der Waals surface area contributed by atoms with Crippen LogP contribution in [0.5, 0.6) is 0 Å². The summed E-state index contributed by atoms with van der Waals surface area (Å²) in [6.07, 6.45) is 3.41. The van der Waals surface area contributed by atoms with Crippen molar-refractivity contribution in [2.45, 2.75) is 24.9 Å². The maximum atomic E-state index is 6.91. The van der Waals surface area contributed by atoms with Crippen LogP contribution >= 0.6 is 0 Å². The Morgan fingerprint density at radius 1 is 0.903 bits per heavy atom. The Bertz CT molecular complexity index is 1180. The van der Waals surface area contributed by atoms with E-state index in [9.17, 15) is 0 Å². The molecule has 2 saturated heterocycles. The number of imidazole rings is 1. The molecule has 0 spiro atoms. The Hall–Kier alpha value is -2.53. The summed E-state index contributed by atoms with van der Waals surface area (Å²) < 4.78 is 24.1. The molecular weight excluding hydrogens is 501 g/mol. The third-order valence-electron chi connectivity index (χ3n) is 5.95. The molecule has 2 aliphatic rings. The zero-order valence-corrected chi connectivity index (χ0v) is 19.5. The summed E-state index contributed by atoms with van der Waals surface area (Å²) in [5.74, 6) is 0.363. The Labute approximate surface area is 184 Å². The van der Waals surface area contributed by atoms with Crippen molar-refractivity contribution < 1.29 is 10.9 Å². The average Bonchev–Trinajstić information content (AvgIpc) is 3.44. The number of aromatic nitrogens is 4. The molecule has 31 heavy (non-hydrogen) atoms. The van der Waals surface area contributed by atoms with Gasteiger partial charge in [0.05, 0.1) is 0 Å². The number of hydrogen-bond acceptors (Lipinski definition) is 7. The van der Waals surface area contributed by atoms with E-state index in [1.54, 1.807) is 6.33 Å². The van der Waals surface area contributed by atoms with E-state index in [1.165, 1.54) is 13.5 Å². The van der Waals surface area contributed by atoms with Crippen molar-refractivity contribution in [1.29, 1.82) is 0 Å². The minimum absolute atomic E-state index is 0.0633. The van der Waals surface area contributed by atoms with E-state index in [2.05, 4.69) is 39.2 Å². The quantitative estimate of drug-likeness (QED) is 0.406. The summed E-state index contributed by atoms with van der Waals surface area (Å²) in [6, 6.07) is 20.7. The Morgan fingerprint density at radius 3 is 2.32 bits per heavy atom. The molecule has 0 amide bonds. The van der Waals surface area contributed by atoms with E-state index in [0.717, 1.165) is 0 Å². The molecule has 156 valence electrons. The van der Waals surface area contributed by atoms with Gasteiger partial charge in [0.25, 0.3) is 0 Å². The number of nitrogen functional groups attached to an aromatic ring is 1. The van der Waals surface area contributed by atoms with Gasteiger partial charge in [-0.3, -0.25) is 0 Å². The van der Waals surface area contributed by atoms with Gasteiger partial charge in [0.15, 0.2) is 0 Å². The normalized spacial score (nSPS) is 24.8. The van der Waals surface area contributed by atoms with Crippen LogP contribution in [-0.2, 0) is 10.9 Å². The molecule has 0 aliphatic carbocycles. The van der Waals surface area contributed by atoms with Crippen LogP contribution in [0.1, 0.15) is 12.6 Å². The first-order chi connectivity index (χ1) is 15.2. The minimum atomic E-state index is -3.80. The molecule has 3 unspecified atom stereocenters. The molecule has 0 saturated carbocycles. The Morgan fingerprint density at radius 2 is 1.61 bits per heavy atom. The molecule has 2 aromatic heterocycles. The molecule has 6 rings (SSSR count). The first-order valence-corrected chi connectivity index (χ1v) is 15.4. The van der Waals surface area contributed by atoms with E-state index in [4.69, 9.17) is 16.6 Å². The van der Waals surface area contributed by atoms with Gasteiger partial charge >= 0.3 is 184 Å². The number of anilines is 1. The van der Waals surface area contributed by atoms with E-state index in [1.807, 2.05) is 41.0 Å². The average molecular weight is 522 g/mol. The maximum absolute atomic E-state index is 6.91. The second kappa shape index (κ2) is 7.56. The van der Waals surface area contributed by atoms with Crippen LogP contribution in [0.15, 0.2) is 73.3 Å². The predicted molar refractivity (Wildman–Crippen MR) is 117 cm³/mol. The van der Waals surface area contributed by atoms with Crippen LogP contribution < -0.4 is 12.9 Å². The molecule has 2 N–H and O–H groups in total. The zero-order valence-electron chi connectivity index (χ0n) is 16.7. The summed E-state index contributed by atoms with van der Waals surface area (Å²) in [6.45, 7) is 0.505. The molecule has 3 atom stereocenters. The molecular formula is C22H21N5O3Sn. The number of nitrogens with zero attached hydrogens (tertiary/aromatic N) is 4. The van der Waals surface area contributed by atoms with Crippen molar-refractivity contribution in [3.8, 4) is 0 Å². The summed E-state index contributed by atoms with van der Waals surface area (Å²) in [7, 11) is 0. The van der Waals surface area contributed by atoms with E-state index < -0.39 is 19.2 Å². The van der Waals surface area contributed by atoms with Crippen LogP contribution in [0.25, 0.3) is 11.2 Å². The van der Waals surface area contributed by atoms with E-state index in [0.29, 0.717) is 30.0 Å². The number of benzene rings is 2. The van der Waals surface area contributed by atoms with E-state index >= 15 is 0 Å². The molecule has 4 aromatic rings. The molecule has 0 radical (unpaired) electrons. The SMILES string of the molecule is Nc1ncnc2c1ncn2C1CC2[O][Sn]([c]3ccccc3)([c]3ccccc3)[O]CC2O1. The van der Waals surface area contributed by atoms with Gasteiger partial charge in [-0.15, -0.1) is 0 Å². The van der Waals surface area contributed by atoms with Crippen molar-refractivity contribution in [3.63, 3.8) is 0 Å². The molecule has 4 heterocycles. The fourth-order valence-electron chi connectivity index (χ4n) is 4.46. The van der Waals surface area contributed by atoms with Crippen LogP contribution in [0.4, 0.5) is 5.82 Å². The number of hydrogen-bond donors (Lipinski definition) is 1. The van der Waals surface area contributed by atoms with Crippen molar-refractivity contribution in [1.82, 2.24) is 19.5 Å². The second-order valence-electron chi connectivity index (χ2n) is 7.76. The first kappa shape index (κ1) is 19.2. The molecule has 9 heteroatoms. The van der Waals surface area contributed by atoms with Gasteiger partial charge in [0.2, 0.25) is 0 Å². The molecule has 2 aliphatic heterocycles. The summed E-state index contributed by atoms with van der Waals surface area (Å²) in [5, 5.41) is 0. The predicted octanol–water partition coefficient (Wildman–Crippen LogP) is 1.37. The van der Waals surface area contributed by atoms with Crippen molar-refractivity contribution in [2.24, 2.45) is 0 Å². The van der Waals surface area contributed by atoms with E-state index in [-0.39, 0.29) is 18.4 Å². The summed E-state index contributed by atoms with van der Waals surface area (Å²) in [5.41, 5.74) is 7.19. The van der Waals surface area contributed by atoms with Gasteiger partial charge in [0.1, 0.15) is 0 Å². The fourth-order valence-corrected chi connectivity index (χ4v) is 14.0. The van der Waals surface area contributed by atoms with Crippen molar-refractivity contribution >= 4 is 43.3 Å². The van der Waals surface area contributed by atoms with Crippen LogP contribution in [0.2, 0.25) is 0 Å². The number of rotatable bonds is 3. The van der Waals surface area contributed by atoms with Gasteiger partial charge in [-0.05, 0) is 0 Å². The molecule has 2 aromatic carbocycles. The zero-order chi connectivity index (χ0) is 20.8. The van der Waals surface area contributed by atoms with Gasteiger partial charge in [-0.2, -0.15) is 0 Å². The van der Waals surface area contributed by atoms with Crippen LogP contribution in [0.3, 0.4) is 0 Å². The van der Waals surface area contributed by atoms with Gasteiger partial charge in [-0.1, -0.05) is 0 Å². The molecule has 8 nitrogen and oxygen atoms in total. The van der Waals surface area contributed by atoms with Crippen LogP contribution in [0, 0.1) is 0 Å². The Balaban J connectivity index is 1.35. The molecule has 0 bridgehead atoms. The Kier molecular flexibility index (Phi) is 4.67. The fraction of sp³-hybridized carbons (Fsp3) is 0.227. The van der Waals surface area contributed by atoms with Gasteiger partial charge < -0.3 is 0 Å². The first-order valence-electron chi connectivity index (χ1n) is 10.3. The third-order valence-corrected chi connectivity index (χ3v) is 15.6. The number of ether oxygens (including phenoxy) is 1. The monoisotopic (exact) mass is 523 g/mol. The number of nitrogens with two attached hydrogens (primary N) is 1. The summed E-state index contributed by atoms with van der Waals surface area (Å²) >= 11 is -3.80. The third kappa shape index (κ3) is 3.13. The van der Waals surface area contributed by atoms with Crippen molar-refractivity contribution in [2.75, 3.05) is 12.3 Å². The topological polar surface area (TPSA) is 97.3 Å². The molecule has 2 fully saturated rings. The number of fused-ring (bicyclic) bond motifs is 2.